The van der Waals surface area contributed by atoms with Crippen molar-refractivity contribution >= 4 is 23.4 Å². The van der Waals surface area contributed by atoms with Crippen LogP contribution in [0.2, 0.25) is 5.02 Å². The molecule has 0 radical (unpaired) electrons. The predicted molar refractivity (Wildman–Crippen MR) is 116 cm³/mol. The molecule has 1 fully saturated rings. The van der Waals surface area contributed by atoms with Gasteiger partial charge in [0, 0.05) is 23.7 Å². The van der Waals surface area contributed by atoms with Crippen LogP contribution in [0.15, 0.2) is 24.3 Å². The van der Waals surface area contributed by atoms with Gasteiger partial charge in [-0.2, -0.15) is 0 Å². The number of benzene rings is 1. The maximum Gasteiger partial charge on any atom is 0.251 e. The monoisotopic (exact) mass is 423 g/mol. The van der Waals surface area contributed by atoms with Crippen LogP contribution in [0, 0.1) is 11.8 Å². The summed E-state index contributed by atoms with van der Waals surface area (Å²) < 4.78 is 0. The summed E-state index contributed by atoms with van der Waals surface area (Å²) in [6.07, 6.45) is 2.18. The largest absolute Gasteiger partial charge is 0.390 e. The number of carbonyl (C=O) groups is 2. The molecule has 2 amide bonds. The standard InChI is InChI=1S/C22H34ClN3O3/c1-15(2)12-20(25-21(28)17-4-6-18(23)7-5-17)22(29)24-13-19(27)14-26-10-8-16(3)9-11-26/h4-7,15-16,19-20,27H,8-14H2,1-3H3,(H,24,29)(H,25,28). The molecule has 1 aliphatic heterocycles. The number of carbonyl (C=O) groups excluding carboxylic acids is 2. The van der Waals surface area contributed by atoms with Crippen LogP contribution in [0.25, 0.3) is 0 Å². The maximum atomic E-state index is 12.7. The van der Waals surface area contributed by atoms with Gasteiger partial charge in [-0.25, -0.2) is 0 Å². The zero-order chi connectivity index (χ0) is 21.4. The Labute approximate surface area is 179 Å². The number of piperidine rings is 1. The number of aliphatic hydroxyl groups is 1. The number of amides is 2. The van der Waals surface area contributed by atoms with Crippen molar-refractivity contribution in [1.82, 2.24) is 15.5 Å². The lowest BCUT2D eigenvalue weighted by molar-refractivity contribution is -0.123. The van der Waals surface area contributed by atoms with Gasteiger partial charge in [0.1, 0.15) is 6.04 Å². The lowest BCUT2D eigenvalue weighted by Gasteiger charge is -2.31. The van der Waals surface area contributed by atoms with Crippen LogP contribution < -0.4 is 10.6 Å². The summed E-state index contributed by atoms with van der Waals surface area (Å²) >= 11 is 5.87. The second-order valence-corrected chi connectivity index (χ2v) is 8.98. The molecule has 3 N–H and O–H groups in total. The predicted octanol–water partition coefficient (Wildman–Crippen LogP) is 2.69. The normalized spacial score (nSPS) is 17.7. The van der Waals surface area contributed by atoms with Crippen molar-refractivity contribution in [3.05, 3.63) is 34.9 Å². The minimum absolute atomic E-state index is 0.177. The van der Waals surface area contributed by atoms with Gasteiger partial charge in [0.2, 0.25) is 5.91 Å². The summed E-state index contributed by atoms with van der Waals surface area (Å²) in [6.45, 7) is 8.96. The molecule has 6 nitrogen and oxygen atoms in total. The molecule has 0 spiro atoms. The summed E-state index contributed by atoms with van der Waals surface area (Å²) in [7, 11) is 0. The van der Waals surface area contributed by atoms with E-state index < -0.39 is 12.1 Å². The van der Waals surface area contributed by atoms with Crippen LogP contribution in [-0.4, -0.2) is 60.1 Å². The molecule has 0 aliphatic carbocycles. The van der Waals surface area contributed by atoms with Crippen molar-refractivity contribution in [2.45, 2.75) is 52.2 Å². The van der Waals surface area contributed by atoms with E-state index in [1.165, 1.54) is 0 Å². The summed E-state index contributed by atoms with van der Waals surface area (Å²) in [5.41, 5.74) is 0.454. The minimum atomic E-state index is -0.652. The number of aliphatic hydroxyl groups excluding tert-OH is 1. The molecule has 29 heavy (non-hydrogen) atoms. The van der Waals surface area contributed by atoms with Crippen molar-refractivity contribution in [3.63, 3.8) is 0 Å². The second kappa shape index (κ2) is 11.5. The molecule has 2 rings (SSSR count). The lowest BCUT2D eigenvalue weighted by Crippen LogP contribution is -2.50. The Balaban J connectivity index is 1.85. The Morgan fingerprint density at radius 1 is 1.21 bits per heavy atom. The van der Waals surface area contributed by atoms with Gasteiger partial charge in [-0.05, 0) is 68.5 Å². The molecule has 0 saturated carbocycles. The Hall–Kier alpha value is -1.63. The first kappa shape index (κ1) is 23.6. The van der Waals surface area contributed by atoms with Gasteiger partial charge >= 0.3 is 0 Å². The SMILES string of the molecule is CC(C)CC(NC(=O)c1ccc(Cl)cc1)C(=O)NCC(O)CN1CCC(C)CC1. The van der Waals surface area contributed by atoms with Crippen LogP contribution in [0.4, 0.5) is 0 Å². The molecule has 0 bridgehead atoms. The number of nitrogens with zero attached hydrogens (tertiary/aromatic N) is 1. The minimum Gasteiger partial charge on any atom is -0.390 e. The summed E-state index contributed by atoms with van der Waals surface area (Å²) in [5.74, 6) is 0.387. The summed E-state index contributed by atoms with van der Waals surface area (Å²) in [5, 5.41) is 16.5. The Morgan fingerprint density at radius 2 is 1.83 bits per heavy atom. The molecule has 7 heteroatoms. The van der Waals surface area contributed by atoms with Crippen LogP contribution >= 0.6 is 11.6 Å². The Bertz CT molecular complexity index is 658. The third-order valence-electron chi connectivity index (χ3n) is 5.29. The number of hydrogen-bond acceptors (Lipinski definition) is 4. The first-order valence-corrected chi connectivity index (χ1v) is 10.9. The van der Waals surface area contributed by atoms with E-state index >= 15 is 0 Å². The number of β-amino-alcohol motifs (C(OH)–C–C–N with tert-alkyl or cyclic N) is 1. The molecule has 1 heterocycles. The molecule has 1 aliphatic rings. The molecular weight excluding hydrogens is 390 g/mol. The lowest BCUT2D eigenvalue weighted by atomic mass is 9.99. The highest BCUT2D eigenvalue weighted by atomic mass is 35.5. The molecule has 0 aromatic heterocycles. The van der Waals surface area contributed by atoms with E-state index in [2.05, 4.69) is 22.5 Å². The van der Waals surface area contributed by atoms with Gasteiger partial charge in [-0.3, -0.25) is 9.59 Å². The van der Waals surface area contributed by atoms with Crippen LogP contribution in [0.5, 0.6) is 0 Å². The van der Waals surface area contributed by atoms with Gasteiger partial charge in [0.25, 0.3) is 5.91 Å². The van der Waals surface area contributed by atoms with Crippen molar-refractivity contribution in [3.8, 4) is 0 Å². The Kier molecular flexibility index (Phi) is 9.40. The van der Waals surface area contributed by atoms with E-state index in [0.29, 0.717) is 23.6 Å². The number of nitrogens with one attached hydrogen (secondary N) is 2. The molecule has 1 aromatic carbocycles. The number of hydrogen-bond donors (Lipinski definition) is 3. The van der Waals surface area contributed by atoms with Crippen LogP contribution in [0.3, 0.4) is 0 Å². The van der Waals surface area contributed by atoms with E-state index in [0.717, 1.165) is 31.8 Å². The second-order valence-electron chi connectivity index (χ2n) is 8.54. The van der Waals surface area contributed by atoms with E-state index in [-0.39, 0.29) is 24.3 Å². The first-order valence-electron chi connectivity index (χ1n) is 10.5. The van der Waals surface area contributed by atoms with Crippen molar-refractivity contribution in [2.24, 2.45) is 11.8 Å². The average Bonchev–Trinajstić information content (AvgIpc) is 2.67. The highest BCUT2D eigenvalue weighted by molar-refractivity contribution is 6.30. The molecule has 1 aromatic rings. The molecule has 2 unspecified atom stereocenters. The maximum absolute atomic E-state index is 12.7. The highest BCUT2D eigenvalue weighted by Crippen LogP contribution is 2.16. The zero-order valence-corrected chi connectivity index (χ0v) is 18.4. The van der Waals surface area contributed by atoms with Gasteiger partial charge in [-0.15, -0.1) is 0 Å². The third-order valence-corrected chi connectivity index (χ3v) is 5.54. The fourth-order valence-corrected chi connectivity index (χ4v) is 3.62. The summed E-state index contributed by atoms with van der Waals surface area (Å²) in [6, 6.07) is 5.90. The molecule has 2 atom stereocenters. The average molecular weight is 424 g/mol. The zero-order valence-electron chi connectivity index (χ0n) is 17.7. The van der Waals surface area contributed by atoms with Crippen molar-refractivity contribution in [2.75, 3.05) is 26.2 Å². The third kappa shape index (κ3) is 8.33. The topological polar surface area (TPSA) is 81.7 Å². The number of rotatable bonds is 9. The molecular formula is C22H34ClN3O3. The Morgan fingerprint density at radius 3 is 2.41 bits per heavy atom. The number of halogens is 1. The van der Waals surface area contributed by atoms with E-state index in [9.17, 15) is 14.7 Å². The van der Waals surface area contributed by atoms with E-state index in [1.807, 2.05) is 13.8 Å². The van der Waals surface area contributed by atoms with Crippen molar-refractivity contribution in [1.29, 1.82) is 0 Å². The van der Waals surface area contributed by atoms with E-state index in [1.54, 1.807) is 24.3 Å². The van der Waals surface area contributed by atoms with Crippen molar-refractivity contribution < 1.29 is 14.7 Å². The highest BCUT2D eigenvalue weighted by Gasteiger charge is 2.24. The van der Waals surface area contributed by atoms with Crippen LogP contribution in [-0.2, 0) is 4.79 Å². The summed E-state index contributed by atoms with van der Waals surface area (Å²) in [4.78, 5) is 27.4. The smallest absolute Gasteiger partial charge is 0.251 e. The molecule has 162 valence electrons. The fourth-order valence-electron chi connectivity index (χ4n) is 3.49. The first-order chi connectivity index (χ1) is 13.7. The fraction of sp³-hybridized carbons (Fsp3) is 0.636. The number of likely N-dealkylation sites (tertiary alicyclic amines) is 1. The van der Waals surface area contributed by atoms with E-state index in [4.69, 9.17) is 11.6 Å². The molecule has 1 saturated heterocycles. The van der Waals surface area contributed by atoms with Gasteiger partial charge in [-0.1, -0.05) is 32.4 Å². The van der Waals surface area contributed by atoms with Crippen LogP contribution in [0.1, 0.15) is 50.4 Å². The van der Waals surface area contributed by atoms with Gasteiger partial charge in [0.05, 0.1) is 6.10 Å². The van der Waals surface area contributed by atoms with Gasteiger partial charge in [0.15, 0.2) is 0 Å². The van der Waals surface area contributed by atoms with Gasteiger partial charge < -0.3 is 20.6 Å². The quantitative estimate of drug-likeness (QED) is 0.570.